The summed E-state index contributed by atoms with van der Waals surface area (Å²) in [5, 5.41) is 8.94. The molecule has 0 bridgehead atoms. The summed E-state index contributed by atoms with van der Waals surface area (Å²) < 4.78 is 1.37. The highest BCUT2D eigenvalue weighted by molar-refractivity contribution is 4.81. The Kier molecular flexibility index (Phi) is 2.38. The van der Waals surface area contributed by atoms with Crippen molar-refractivity contribution in [3.05, 3.63) is 28.9 Å². The van der Waals surface area contributed by atoms with Gasteiger partial charge < -0.3 is 5.11 Å². The SMILES string of the molecule is C[C@@H](O)Cn1cccnc1=O. The number of aromatic nitrogens is 2. The Morgan fingerprint density at radius 3 is 3.09 bits per heavy atom. The standard InChI is InChI=1S/C7H10N2O2/c1-6(10)5-9-4-2-3-8-7(9)11/h2-4,6,10H,5H2,1H3/t6-/m1/s1. The summed E-state index contributed by atoms with van der Waals surface area (Å²) in [6.07, 6.45) is 2.51. The van der Waals surface area contributed by atoms with Gasteiger partial charge in [0, 0.05) is 12.4 Å². The number of hydrogen-bond acceptors (Lipinski definition) is 3. The Morgan fingerprint density at radius 1 is 1.82 bits per heavy atom. The molecule has 4 nitrogen and oxygen atoms in total. The summed E-state index contributed by atoms with van der Waals surface area (Å²) >= 11 is 0. The van der Waals surface area contributed by atoms with E-state index in [4.69, 9.17) is 5.11 Å². The third-order valence-corrected chi connectivity index (χ3v) is 1.24. The smallest absolute Gasteiger partial charge is 0.347 e. The van der Waals surface area contributed by atoms with E-state index in [1.54, 1.807) is 19.2 Å². The molecule has 0 fully saturated rings. The van der Waals surface area contributed by atoms with Gasteiger partial charge in [0.1, 0.15) is 0 Å². The van der Waals surface area contributed by atoms with E-state index in [-0.39, 0.29) is 5.69 Å². The fraction of sp³-hybridized carbons (Fsp3) is 0.429. The molecule has 1 N–H and O–H groups in total. The van der Waals surface area contributed by atoms with Gasteiger partial charge in [0.15, 0.2) is 0 Å². The molecule has 1 heterocycles. The fourth-order valence-electron chi connectivity index (χ4n) is 0.811. The van der Waals surface area contributed by atoms with Gasteiger partial charge in [0.25, 0.3) is 0 Å². The van der Waals surface area contributed by atoms with Gasteiger partial charge in [-0.2, -0.15) is 0 Å². The first kappa shape index (κ1) is 7.94. The molecule has 11 heavy (non-hydrogen) atoms. The van der Waals surface area contributed by atoms with Gasteiger partial charge >= 0.3 is 5.69 Å². The van der Waals surface area contributed by atoms with Crippen LogP contribution in [0.1, 0.15) is 6.92 Å². The van der Waals surface area contributed by atoms with Crippen LogP contribution in [0.15, 0.2) is 23.3 Å². The zero-order valence-corrected chi connectivity index (χ0v) is 6.27. The maximum Gasteiger partial charge on any atom is 0.347 e. The molecule has 60 valence electrons. The minimum Gasteiger partial charge on any atom is -0.392 e. The first-order valence-corrected chi connectivity index (χ1v) is 3.39. The molecule has 0 unspecified atom stereocenters. The van der Waals surface area contributed by atoms with Crippen LogP contribution >= 0.6 is 0 Å². The van der Waals surface area contributed by atoms with Crippen LogP contribution < -0.4 is 5.69 Å². The minimum atomic E-state index is -0.517. The Bertz CT molecular complexity index is 280. The van der Waals surface area contributed by atoms with Crippen LogP contribution in [0.3, 0.4) is 0 Å². The lowest BCUT2D eigenvalue weighted by Crippen LogP contribution is -2.26. The monoisotopic (exact) mass is 154 g/mol. The topological polar surface area (TPSA) is 55.1 Å². The van der Waals surface area contributed by atoms with Gasteiger partial charge in [-0.05, 0) is 13.0 Å². The summed E-state index contributed by atoms with van der Waals surface area (Å²) in [7, 11) is 0. The first-order chi connectivity index (χ1) is 5.20. The number of rotatable bonds is 2. The van der Waals surface area contributed by atoms with Crippen molar-refractivity contribution < 1.29 is 5.11 Å². The number of nitrogens with zero attached hydrogens (tertiary/aromatic N) is 2. The Labute approximate surface area is 64.1 Å². The zero-order valence-electron chi connectivity index (χ0n) is 6.27. The predicted molar refractivity (Wildman–Crippen MR) is 40.2 cm³/mol. The average Bonchev–Trinajstić information content (AvgIpc) is 1.93. The highest BCUT2D eigenvalue weighted by Crippen LogP contribution is 1.84. The van der Waals surface area contributed by atoms with Gasteiger partial charge in [-0.3, -0.25) is 4.57 Å². The average molecular weight is 154 g/mol. The molecule has 0 saturated heterocycles. The lowest BCUT2D eigenvalue weighted by atomic mass is 10.4. The summed E-state index contributed by atoms with van der Waals surface area (Å²) in [6, 6.07) is 1.66. The van der Waals surface area contributed by atoms with Gasteiger partial charge in [-0.25, -0.2) is 9.78 Å². The van der Waals surface area contributed by atoms with Crippen LogP contribution in [-0.2, 0) is 6.54 Å². The minimum absolute atomic E-state index is 0.298. The predicted octanol–water partition coefficient (Wildman–Crippen LogP) is -0.376. The molecule has 0 saturated carbocycles. The Hall–Kier alpha value is -1.16. The first-order valence-electron chi connectivity index (χ1n) is 3.39. The molecule has 0 spiro atoms. The second kappa shape index (κ2) is 3.30. The highest BCUT2D eigenvalue weighted by atomic mass is 16.3. The largest absolute Gasteiger partial charge is 0.392 e. The molecule has 0 amide bonds. The molecule has 1 atom stereocenters. The van der Waals surface area contributed by atoms with Crippen LogP contribution in [0.4, 0.5) is 0 Å². The van der Waals surface area contributed by atoms with E-state index in [9.17, 15) is 4.79 Å². The third-order valence-electron chi connectivity index (χ3n) is 1.24. The molecule has 0 radical (unpaired) electrons. The lowest BCUT2D eigenvalue weighted by molar-refractivity contribution is 0.171. The maximum atomic E-state index is 10.9. The van der Waals surface area contributed by atoms with Gasteiger partial charge in [0.2, 0.25) is 0 Å². The molecule has 0 aliphatic heterocycles. The second-order valence-corrected chi connectivity index (χ2v) is 2.40. The van der Waals surface area contributed by atoms with E-state index in [1.807, 2.05) is 0 Å². The molecule has 1 rings (SSSR count). The maximum absolute atomic E-state index is 10.9. The highest BCUT2D eigenvalue weighted by Gasteiger charge is 1.98. The summed E-state index contributed by atoms with van der Waals surface area (Å²) in [5.74, 6) is 0. The second-order valence-electron chi connectivity index (χ2n) is 2.40. The molecule has 1 aromatic heterocycles. The summed E-state index contributed by atoms with van der Waals surface area (Å²) in [6.45, 7) is 1.92. The molecule has 0 aliphatic carbocycles. The van der Waals surface area contributed by atoms with Gasteiger partial charge in [-0.15, -0.1) is 0 Å². The van der Waals surface area contributed by atoms with Crippen molar-refractivity contribution in [2.24, 2.45) is 0 Å². The molecular formula is C7H10N2O2. The van der Waals surface area contributed by atoms with E-state index in [0.717, 1.165) is 0 Å². The molecular weight excluding hydrogens is 144 g/mol. The van der Waals surface area contributed by atoms with Crippen molar-refractivity contribution in [3.8, 4) is 0 Å². The Morgan fingerprint density at radius 2 is 2.55 bits per heavy atom. The van der Waals surface area contributed by atoms with Crippen molar-refractivity contribution in [1.29, 1.82) is 0 Å². The normalized spacial score (nSPS) is 12.9. The van der Waals surface area contributed by atoms with Crippen molar-refractivity contribution >= 4 is 0 Å². The van der Waals surface area contributed by atoms with E-state index in [2.05, 4.69) is 4.98 Å². The summed E-state index contributed by atoms with van der Waals surface area (Å²) in [4.78, 5) is 14.4. The summed E-state index contributed by atoms with van der Waals surface area (Å²) in [5.41, 5.74) is -0.326. The van der Waals surface area contributed by atoms with Crippen LogP contribution in [-0.4, -0.2) is 20.8 Å². The number of aliphatic hydroxyl groups is 1. The molecule has 0 aliphatic rings. The van der Waals surface area contributed by atoms with Crippen molar-refractivity contribution in [2.75, 3.05) is 0 Å². The Balaban J connectivity index is 2.87. The van der Waals surface area contributed by atoms with E-state index in [0.29, 0.717) is 6.54 Å². The third kappa shape index (κ3) is 2.16. The quantitative estimate of drug-likeness (QED) is 0.632. The van der Waals surface area contributed by atoms with Crippen LogP contribution in [0.2, 0.25) is 0 Å². The van der Waals surface area contributed by atoms with Crippen molar-refractivity contribution in [1.82, 2.24) is 9.55 Å². The fourth-order valence-corrected chi connectivity index (χ4v) is 0.811. The molecule has 1 aromatic rings. The van der Waals surface area contributed by atoms with E-state index < -0.39 is 6.10 Å². The van der Waals surface area contributed by atoms with E-state index >= 15 is 0 Å². The van der Waals surface area contributed by atoms with Gasteiger partial charge in [-0.1, -0.05) is 0 Å². The number of aliphatic hydroxyl groups excluding tert-OH is 1. The van der Waals surface area contributed by atoms with Crippen molar-refractivity contribution in [2.45, 2.75) is 19.6 Å². The van der Waals surface area contributed by atoms with Crippen LogP contribution in [0, 0.1) is 0 Å². The molecule has 0 aromatic carbocycles. The van der Waals surface area contributed by atoms with Gasteiger partial charge in [0.05, 0.1) is 12.6 Å². The van der Waals surface area contributed by atoms with Crippen LogP contribution in [0.25, 0.3) is 0 Å². The zero-order chi connectivity index (χ0) is 8.27. The van der Waals surface area contributed by atoms with E-state index in [1.165, 1.54) is 10.8 Å². The molecule has 4 heteroatoms. The lowest BCUT2D eigenvalue weighted by Gasteiger charge is -2.04. The number of hydrogen-bond donors (Lipinski definition) is 1. The van der Waals surface area contributed by atoms with Crippen LogP contribution in [0.5, 0.6) is 0 Å². The van der Waals surface area contributed by atoms with Crippen molar-refractivity contribution in [3.63, 3.8) is 0 Å².